The largest absolute Gasteiger partial charge is 0.329 e. The van der Waals surface area contributed by atoms with Crippen molar-refractivity contribution in [2.45, 2.75) is 12.5 Å². The molecular weight excluding hydrogens is 95.1 g/mol. The van der Waals surface area contributed by atoms with E-state index in [0.717, 1.165) is 0 Å². The van der Waals surface area contributed by atoms with Gasteiger partial charge < -0.3 is 11.5 Å². The second kappa shape index (κ2) is 4.02. The third-order valence-corrected chi connectivity index (χ3v) is 0.783. The first-order chi connectivity index (χ1) is 3.31. The molecule has 0 aliphatic rings. The zero-order valence-corrected chi connectivity index (χ0v) is 4.23. The lowest BCUT2D eigenvalue weighted by Crippen LogP contribution is -2.29. The first kappa shape index (κ1) is 6.85. The Morgan fingerprint density at radius 3 is 2.29 bits per heavy atom. The van der Waals surface area contributed by atoms with Crippen LogP contribution in [0.15, 0.2) is 0 Å². The highest BCUT2D eigenvalue weighted by Gasteiger charge is 1.94. The quantitative estimate of drug-likeness (QED) is 0.516. The molecule has 0 saturated carbocycles. The Kier molecular flexibility index (Phi) is 3.93. The van der Waals surface area contributed by atoms with Crippen molar-refractivity contribution in [1.82, 2.24) is 0 Å². The summed E-state index contributed by atoms with van der Waals surface area (Å²) in [4.78, 5) is 0. The Balaban J connectivity index is 2.83. The third kappa shape index (κ3) is 3.69. The summed E-state index contributed by atoms with van der Waals surface area (Å²) < 4.78 is 11.3. The molecule has 0 bridgehead atoms. The van der Waals surface area contributed by atoms with Crippen molar-refractivity contribution in [2.75, 3.05) is 13.2 Å². The first-order valence-electron chi connectivity index (χ1n) is 2.33. The molecule has 0 spiro atoms. The number of alkyl halides is 1. The maximum atomic E-state index is 11.3. The molecule has 0 fully saturated rings. The van der Waals surface area contributed by atoms with Gasteiger partial charge in [-0.25, -0.2) is 0 Å². The SMILES string of the molecule is NCC(N)CCF. The number of halogens is 1. The highest BCUT2D eigenvalue weighted by molar-refractivity contribution is 4.58. The number of rotatable bonds is 3. The van der Waals surface area contributed by atoms with E-state index in [9.17, 15) is 4.39 Å². The van der Waals surface area contributed by atoms with Gasteiger partial charge >= 0.3 is 0 Å². The van der Waals surface area contributed by atoms with Crippen LogP contribution in [0.3, 0.4) is 0 Å². The molecule has 0 aromatic rings. The van der Waals surface area contributed by atoms with E-state index >= 15 is 0 Å². The fourth-order valence-corrected chi connectivity index (χ4v) is 0.258. The summed E-state index contributed by atoms with van der Waals surface area (Å²) >= 11 is 0. The van der Waals surface area contributed by atoms with E-state index < -0.39 is 0 Å². The standard InChI is InChI=1S/C4H11FN2/c5-2-1-4(7)3-6/h4H,1-3,6-7H2. The number of hydrogen-bond donors (Lipinski definition) is 2. The molecule has 0 aliphatic heterocycles. The summed E-state index contributed by atoms with van der Waals surface area (Å²) in [5.41, 5.74) is 10.3. The summed E-state index contributed by atoms with van der Waals surface area (Å²) in [6.07, 6.45) is 0.385. The van der Waals surface area contributed by atoms with E-state index in [-0.39, 0.29) is 12.7 Å². The van der Waals surface area contributed by atoms with Crippen molar-refractivity contribution >= 4 is 0 Å². The van der Waals surface area contributed by atoms with E-state index in [2.05, 4.69) is 0 Å². The van der Waals surface area contributed by atoms with Crippen molar-refractivity contribution < 1.29 is 4.39 Å². The molecule has 0 heterocycles. The fourth-order valence-electron chi connectivity index (χ4n) is 0.258. The number of nitrogens with two attached hydrogens (primary N) is 2. The van der Waals surface area contributed by atoms with Crippen molar-refractivity contribution in [3.8, 4) is 0 Å². The van der Waals surface area contributed by atoms with Crippen LogP contribution < -0.4 is 11.5 Å². The van der Waals surface area contributed by atoms with Crippen LogP contribution in [0.5, 0.6) is 0 Å². The summed E-state index contributed by atoms with van der Waals surface area (Å²) in [5, 5.41) is 0. The molecule has 44 valence electrons. The monoisotopic (exact) mass is 106 g/mol. The third-order valence-electron chi connectivity index (χ3n) is 0.783. The zero-order valence-electron chi connectivity index (χ0n) is 4.23. The second-order valence-corrected chi connectivity index (χ2v) is 1.47. The molecule has 0 saturated heterocycles. The van der Waals surface area contributed by atoms with Gasteiger partial charge in [0.05, 0.1) is 6.67 Å². The molecule has 3 heteroatoms. The predicted octanol–water partition coefficient (Wildman–Crippen LogP) is -0.368. The lowest BCUT2D eigenvalue weighted by atomic mass is 10.2. The molecule has 0 radical (unpaired) electrons. The summed E-state index contributed by atoms with van der Waals surface area (Å²) in [7, 11) is 0. The van der Waals surface area contributed by atoms with Gasteiger partial charge in [-0.15, -0.1) is 0 Å². The van der Waals surface area contributed by atoms with E-state index in [1.807, 2.05) is 0 Å². The molecule has 1 atom stereocenters. The molecule has 2 nitrogen and oxygen atoms in total. The van der Waals surface area contributed by atoms with Crippen LogP contribution in [-0.2, 0) is 0 Å². The topological polar surface area (TPSA) is 52.0 Å². The van der Waals surface area contributed by atoms with Gasteiger partial charge in [0.15, 0.2) is 0 Å². The second-order valence-electron chi connectivity index (χ2n) is 1.47. The summed E-state index contributed by atoms with van der Waals surface area (Å²) in [5.74, 6) is 0. The van der Waals surface area contributed by atoms with Crippen LogP contribution >= 0.6 is 0 Å². The van der Waals surface area contributed by atoms with E-state index in [4.69, 9.17) is 11.5 Å². The summed E-state index contributed by atoms with van der Waals surface area (Å²) in [6.45, 7) is 0.0162. The molecule has 0 aliphatic carbocycles. The van der Waals surface area contributed by atoms with Crippen molar-refractivity contribution in [3.05, 3.63) is 0 Å². The van der Waals surface area contributed by atoms with E-state index in [1.54, 1.807) is 0 Å². The van der Waals surface area contributed by atoms with Crippen LogP contribution in [-0.4, -0.2) is 19.3 Å². The molecule has 7 heavy (non-hydrogen) atoms. The van der Waals surface area contributed by atoms with Crippen LogP contribution in [0.4, 0.5) is 4.39 Å². The minimum atomic E-state index is -0.363. The van der Waals surface area contributed by atoms with E-state index in [0.29, 0.717) is 13.0 Å². The van der Waals surface area contributed by atoms with Crippen LogP contribution in [0.1, 0.15) is 6.42 Å². The first-order valence-corrected chi connectivity index (χ1v) is 2.33. The predicted molar refractivity (Wildman–Crippen MR) is 27.6 cm³/mol. The Morgan fingerprint density at radius 2 is 2.14 bits per heavy atom. The molecule has 0 amide bonds. The van der Waals surface area contributed by atoms with Crippen LogP contribution in [0.2, 0.25) is 0 Å². The minimum absolute atomic E-state index is 0.148. The average Bonchev–Trinajstić information content (AvgIpc) is 1.68. The molecule has 0 rings (SSSR count). The van der Waals surface area contributed by atoms with Crippen molar-refractivity contribution in [2.24, 2.45) is 11.5 Å². The van der Waals surface area contributed by atoms with Gasteiger partial charge in [0.25, 0.3) is 0 Å². The Labute approximate surface area is 42.7 Å². The van der Waals surface area contributed by atoms with Gasteiger partial charge in [-0.2, -0.15) is 0 Å². The maximum Gasteiger partial charge on any atom is 0.0909 e. The van der Waals surface area contributed by atoms with Gasteiger partial charge in [-0.1, -0.05) is 0 Å². The van der Waals surface area contributed by atoms with Gasteiger partial charge in [0.1, 0.15) is 0 Å². The Bertz CT molecular complexity index is 40.7. The minimum Gasteiger partial charge on any atom is -0.329 e. The van der Waals surface area contributed by atoms with Crippen LogP contribution in [0.25, 0.3) is 0 Å². The Morgan fingerprint density at radius 1 is 1.57 bits per heavy atom. The highest BCUT2D eigenvalue weighted by Crippen LogP contribution is 1.83. The van der Waals surface area contributed by atoms with Crippen molar-refractivity contribution in [1.29, 1.82) is 0 Å². The van der Waals surface area contributed by atoms with E-state index in [1.165, 1.54) is 0 Å². The maximum absolute atomic E-state index is 11.3. The molecule has 0 aromatic heterocycles. The van der Waals surface area contributed by atoms with Gasteiger partial charge in [-0.3, -0.25) is 4.39 Å². The number of hydrogen-bond acceptors (Lipinski definition) is 2. The van der Waals surface area contributed by atoms with Gasteiger partial charge in [-0.05, 0) is 6.42 Å². The van der Waals surface area contributed by atoms with Crippen LogP contribution in [0, 0.1) is 0 Å². The highest BCUT2D eigenvalue weighted by atomic mass is 19.1. The van der Waals surface area contributed by atoms with Gasteiger partial charge in [0.2, 0.25) is 0 Å². The van der Waals surface area contributed by atoms with Crippen molar-refractivity contribution in [3.63, 3.8) is 0 Å². The normalized spacial score (nSPS) is 14.1. The molecular formula is C4H11FN2. The molecule has 4 N–H and O–H groups in total. The lowest BCUT2D eigenvalue weighted by molar-refractivity contribution is 0.439. The Hall–Kier alpha value is -0.150. The summed E-state index contributed by atoms with van der Waals surface area (Å²) in [6, 6.07) is -0.148. The molecule has 0 aromatic carbocycles. The zero-order chi connectivity index (χ0) is 5.70. The van der Waals surface area contributed by atoms with Gasteiger partial charge in [0, 0.05) is 12.6 Å². The average molecular weight is 106 g/mol. The smallest absolute Gasteiger partial charge is 0.0909 e. The fraction of sp³-hybridized carbons (Fsp3) is 1.00. The lowest BCUT2D eigenvalue weighted by Gasteiger charge is -2.01. The molecule has 1 unspecified atom stereocenters.